The van der Waals surface area contributed by atoms with Crippen LogP contribution in [0.25, 0.3) is 0 Å². The number of nitrogens with zero attached hydrogens (tertiary/aromatic N) is 3. The Labute approximate surface area is 221 Å². The van der Waals surface area contributed by atoms with E-state index >= 15 is 0 Å². The Balaban J connectivity index is 1.92. The second kappa shape index (κ2) is 11.8. The molecule has 8 heteroatoms. The fourth-order valence-electron chi connectivity index (χ4n) is 3.92. The number of amides is 1. The monoisotopic (exact) mass is 522 g/mol. The van der Waals surface area contributed by atoms with Gasteiger partial charge < -0.3 is 10.2 Å². The van der Waals surface area contributed by atoms with Gasteiger partial charge in [0.2, 0.25) is 5.91 Å². The van der Waals surface area contributed by atoms with Gasteiger partial charge >= 0.3 is 0 Å². The van der Waals surface area contributed by atoms with Crippen molar-refractivity contribution in [3.63, 3.8) is 0 Å². The topological polar surface area (TPSA) is 82.6 Å². The minimum Gasteiger partial charge on any atom is -0.370 e. The van der Waals surface area contributed by atoms with E-state index in [0.29, 0.717) is 12.2 Å². The Hall–Kier alpha value is -3.39. The number of aromatic nitrogens is 1. The van der Waals surface area contributed by atoms with Crippen LogP contribution in [-0.4, -0.2) is 43.8 Å². The molecule has 0 aliphatic carbocycles. The van der Waals surface area contributed by atoms with Crippen molar-refractivity contribution in [2.75, 3.05) is 29.3 Å². The minimum absolute atomic E-state index is 0.103. The number of benzene rings is 2. The Bertz CT molecular complexity index is 1300. The lowest BCUT2D eigenvalue weighted by Gasteiger charge is -2.28. The summed E-state index contributed by atoms with van der Waals surface area (Å²) in [5.41, 5.74) is 3.12. The van der Waals surface area contributed by atoms with Crippen LogP contribution < -0.4 is 9.62 Å². The fourth-order valence-corrected chi connectivity index (χ4v) is 5.34. The molecule has 0 saturated heterocycles. The van der Waals surface area contributed by atoms with E-state index in [-0.39, 0.29) is 29.3 Å². The third-order valence-electron chi connectivity index (χ3n) is 6.16. The summed E-state index contributed by atoms with van der Waals surface area (Å²) >= 11 is 0. The highest BCUT2D eigenvalue weighted by atomic mass is 32.2. The molecule has 1 amide bonds. The maximum Gasteiger partial charge on any atom is 0.264 e. The first-order valence-electron chi connectivity index (χ1n) is 12.6. The number of sulfonamides is 1. The molecule has 7 nitrogen and oxygen atoms in total. The summed E-state index contributed by atoms with van der Waals surface area (Å²) < 4.78 is 28.9. The van der Waals surface area contributed by atoms with Crippen LogP contribution in [0.5, 0.6) is 0 Å². The number of hydrogen-bond acceptors (Lipinski definition) is 5. The molecule has 0 saturated carbocycles. The second-order valence-electron chi connectivity index (χ2n) is 10.1. The fraction of sp³-hybridized carbons (Fsp3) is 0.379. The van der Waals surface area contributed by atoms with Crippen LogP contribution in [0.1, 0.15) is 51.4 Å². The minimum atomic E-state index is -3.99. The van der Waals surface area contributed by atoms with E-state index in [1.165, 1.54) is 4.31 Å². The van der Waals surface area contributed by atoms with Gasteiger partial charge in [0.1, 0.15) is 12.4 Å². The van der Waals surface area contributed by atoms with E-state index in [1.54, 1.807) is 29.2 Å². The first kappa shape index (κ1) is 28.2. The lowest BCUT2D eigenvalue weighted by atomic mass is 9.87. The van der Waals surface area contributed by atoms with Crippen molar-refractivity contribution in [3.8, 4) is 0 Å². The molecular formula is C29H38N4O3S. The molecule has 2 aromatic carbocycles. The van der Waals surface area contributed by atoms with Crippen molar-refractivity contribution in [2.24, 2.45) is 0 Å². The molecule has 3 rings (SSSR count). The zero-order valence-corrected chi connectivity index (χ0v) is 23.5. The summed E-state index contributed by atoms with van der Waals surface area (Å²) in [7, 11) is -3.99. The average Bonchev–Trinajstić information content (AvgIpc) is 2.86. The van der Waals surface area contributed by atoms with Gasteiger partial charge in [0, 0.05) is 13.1 Å². The van der Waals surface area contributed by atoms with Gasteiger partial charge in [-0.05, 0) is 68.1 Å². The molecule has 0 aliphatic rings. The van der Waals surface area contributed by atoms with E-state index in [9.17, 15) is 13.2 Å². The number of anilines is 2. The molecule has 0 radical (unpaired) electrons. The summed E-state index contributed by atoms with van der Waals surface area (Å²) in [6.45, 7) is 13.2. The van der Waals surface area contributed by atoms with Gasteiger partial charge in [-0.25, -0.2) is 13.4 Å². The van der Waals surface area contributed by atoms with Crippen LogP contribution in [0.3, 0.4) is 0 Å². The van der Waals surface area contributed by atoms with Gasteiger partial charge in [0.05, 0.1) is 22.8 Å². The molecule has 3 aromatic rings. The van der Waals surface area contributed by atoms with Gasteiger partial charge in [-0.15, -0.1) is 0 Å². The Morgan fingerprint density at radius 3 is 2.16 bits per heavy atom. The van der Waals surface area contributed by atoms with Crippen LogP contribution in [0, 0.1) is 6.92 Å². The Morgan fingerprint density at radius 2 is 1.59 bits per heavy atom. The molecule has 1 N–H and O–H groups in total. The van der Waals surface area contributed by atoms with Gasteiger partial charge in [0.25, 0.3) is 10.0 Å². The molecule has 0 aliphatic heterocycles. The molecule has 0 bridgehead atoms. The van der Waals surface area contributed by atoms with Crippen LogP contribution >= 0.6 is 0 Å². The molecule has 0 unspecified atom stereocenters. The largest absolute Gasteiger partial charge is 0.370 e. The Morgan fingerprint density at radius 1 is 0.946 bits per heavy atom. The number of carbonyl (C=O) groups excluding carboxylic acids is 1. The first-order valence-corrected chi connectivity index (χ1v) is 14.1. The lowest BCUT2D eigenvalue weighted by molar-refractivity contribution is -0.130. The molecule has 0 spiro atoms. The van der Waals surface area contributed by atoms with E-state index in [4.69, 9.17) is 0 Å². The molecule has 37 heavy (non-hydrogen) atoms. The predicted octanol–water partition coefficient (Wildman–Crippen LogP) is 5.36. The third-order valence-corrected chi connectivity index (χ3v) is 7.95. The summed E-state index contributed by atoms with van der Waals surface area (Å²) in [5, 5.41) is 3.18. The maximum absolute atomic E-state index is 13.8. The predicted molar refractivity (Wildman–Crippen MR) is 150 cm³/mol. The SMILES string of the molecule is CCNc1cccc(CN(CC)C(=O)CN(c2ccc(C)cc2)S(=O)(=O)c2ccc(C(C)(C)C)cc2)n1. The third kappa shape index (κ3) is 7.10. The van der Waals surface area contributed by atoms with Crippen molar-refractivity contribution in [1.29, 1.82) is 0 Å². The number of carbonyl (C=O) groups is 1. The van der Waals surface area contributed by atoms with Crippen molar-refractivity contribution in [1.82, 2.24) is 9.88 Å². The first-order chi connectivity index (χ1) is 17.5. The highest BCUT2D eigenvalue weighted by Crippen LogP contribution is 2.27. The average molecular weight is 523 g/mol. The van der Waals surface area contributed by atoms with Crippen molar-refractivity contribution in [2.45, 2.75) is 58.4 Å². The number of aryl methyl sites for hydroxylation is 1. The smallest absolute Gasteiger partial charge is 0.264 e. The quantitative estimate of drug-likeness (QED) is 0.387. The molecule has 1 heterocycles. The van der Waals surface area contributed by atoms with E-state index < -0.39 is 10.0 Å². The molecule has 0 atom stereocenters. The van der Waals surface area contributed by atoms with Crippen molar-refractivity contribution >= 4 is 27.4 Å². The summed E-state index contributed by atoms with van der Waals surface area (Å²) in [6.07, 6.45) is 0. The van der Waals surface area contributed by atoms with Crippen molar-refractivity contribution in [3.05, 3.63) is 83.6 Å². The molecule has 1 aromatic heterocycles. The molecule has 198 valence electrons. The van der Waals surface area contributed by atoms with E-state index in [1.807, 2.05) is 63.2 Å². The van der Waals surface area contributed by atoms with Gasteiger partial charge in [-0.3, -0.25) is 9.10 Å². The number of likely N-dealkylation sites (N-methyl/N-ethyl adjacent to an activating group) is 1. The normalized spacial score (nSPS) is 11.7. The summed E-state index contributed by atoms with van der Waals surface area (Å²) in [6, 6.07) is 19.7. The zero-order valence-electron chi connectivity index (χ0n) is 22.7. The van der Waals surface area contributed by atoms with Crippen LogP contribution in [0.2, 0.25) is 0 Å². The van der Waals surface area contributed by atoms with Crippen molar-refractivity contribution < 1.29 is 13.2 Å². The standard InChI is InChI=1S/C29H38N4O3S/c1-7-30-27-11-9-10-24(31-27)20-32(8-2)28(34)21-33(25-16-12-22(3)13-17-25)37(35,36)26-18-14-23(15-19-26)29(4,5)6/h9-19H,7-8,20-21H2,1-6H3,(H,30,31). The Kier molecular flexibility index (Phi) is 8.97. The lowest BCUT2D eigenvalue weighted by Crippen LogP contribution is -2.43. The van der Waals surface area contributed by atoms with Crippen LogP contribution in [-0.2, 0) is 26.8 Å². The van der Waals surface area contributed by atoms with Gasteiger partial charge in [-0.1, -0.05) is 56.7 Å². The zero-order chi connectivity index (χ0) is 27.2. The summed E-state index contributed by atoms with van der Waals surface area (Å²) in [5.74, 6) is 0.444. The van der Waals surface area contributed by atoms with Gasteiger partial charge in [-0.2, -0.15) is 0 Å². The number of nitrogens with one attached hydrogen (secondary N) is 1. The highest BCUT2D eigenvalue weighted by Gasteiger charge is 2.29. The highest BCUT2D eigenvalue weighted by molar-refractivity contribution is 7.92. The molecular weight excluding hydrogens is 484 g/mol. The summed E-state index contributed by atoms with van der Waals surface area (Å²) in [4.78, 5) is 19.8. The number of pyridine rings is 1. The van der Waals surface area contributed by atoms with Gasteiger partial charge in [0.15, 0.2) is 0 Å². The van der Waals surface area contributed by atoms with Crippen LogP contribution in [0.15, 0.2) is 71.6 Å². The number of rotatable bonds is 10. The van der Waals surface area contributed by atoms with E-state index in [2.05, 4.69) is 31.1 Å². The van der Waals surface area contributed by atoms with Crippen LogP contribution in [0.4, 0.5) is 11.5 Å². The molecule has 0 fully saturated rings. The number of hydrogen-bond donors (Lipinski definition) is 1. The maximum atomic E-state index is 13.8. The van der Waals surface area contributed by atoms with E-state index in [0.717, 1.165) is 29.2 Å². The second-order valence-corrected chi connectivity index (χ2v) is 11.9.